The largest absolute Gasteiger partial charge is 0.484 e. The van der Waals surface area contributed by atoms with Crippen molar-refractivity contribution in [3.63, 3.8) is 0 Å². The van der Waals surface area contributed by atoms with Gasteiger partial charge in [0.2, 0.25) is 0 Å². The van der Waals surface area contributed by atoms with Crippen molar-refractivity contribution in [2.45, 2.75) is 0 Å². The lowest BCUT2D eigenvalue weighted by atomic mass is 10.1. The summed E-state index contributed by atoms with van der Waals surface area (Å²) in [6.07, 6.45) is 1.36. The Bertz CT molecular complexity index is 930. The predicted molar refractivity (Wildman–Crippen MR) is 101 cm³/mol. The van der Waals surface area contributed by atoms with Crippen LogP contribution in [0, 0.1) is 0 Å². The summed E-state index contributed by atoms with van der Waals surface area (Å²) in [7, 11) is 1.67. The molecule has 0 spiro atoms. The summed E-state index contributed by atoms with van der Waals surface area (Å²) in [5.41, 5.74) is 1.16. The third-order valence-corrected chi connectivity index (χ3v) is 4.01. The highest BCUT2D eigenvalue weighted by atomic mass is 16.5. The summed E-state index contributed by atoms with van der Waals surface area (Å²) in [6.45, 7) is -0.140. The van der Waals surface area contributed by atoms with Gasteiger partial charge in [-0.05, 0) is 35.9 Å². The van der Waals surface area contributed by atoms with Crippen LogP contribution in [-0.2, 0) is 14.4 Å². The van der Waals surface area contributed by atoms with Crippen molar-refractivity contribution in [2.75, 3.05) is 18.6 Å². The first kappa shape index (κ1) is 18.8. The number of likely N-dealkylation sites (N-methyl/N-ethyl adjacent to an activating group) is 1. The molecule has 3 rings (SSSR count). The molecule has 28 heavy (non-hydrogen) atoms. The van der Waals surface area contributed by atoms with Crippen molar-refractivity contribution >= 4 is 35.5 Å². The number of anilines is 1. The summed E-state index contributed by atoms with van der Waals surface area (Å²) < 4.78 is 5.50. The van der Waals surface area contributed by atoms with Crippen molar-refractivity contribution in [3.05, 3.63) is 65.7 Å². The Balaban J connectivity index is 1.61. The number of nitrogens with one attached hydrogen (secondary N) is 2. The molecule has 0 atom stereocenters. The van der Waals surface area contributed by atoms with Gasteiger partial charge in [0.25, 0.3) is 17.7 Å². The molecule has 8 nitrogen and oxygen atoms in total. The Hall–Kier alpha value is -3.94. The van der Waals surface area contributed by atoms with Crippen LogP contribution in [0.1, 0.15) is 5.56 Å². The minimum atomic E-state index is -0.846. The smallest absolute Gasteiger partial charge is 0.328 e. The van der Waals surface area contributed by atoms with Crippen molar-refractivity contribution in [3.8, 4) is 5.75 Å². The summed E-state index contributed by atoms with van der Waals surface area (Å²) in [6, 6.07) is 14.9. The number of hydrogen-bond donors (Lipinski definition) is 2. The zero-order chi connectivity index (χ0) is 20.1. The summed E-state index contributed by atoms with van der Waals surface area (Å²) in [4.78, 5) is 48.2. The zero-order valence-electron chi connectivity index (χ0n) is 15.0. The molecule has 0 saturated carbocycles. The van der Waals surface area contributed by atoms with Crippen molar-refractivity contribution in [1.82, 2.24) is 10.6 Å². The molecule has 0 radical (unpaired) electrons. The Kier molecular flexibility index (Phi) is 5.50. The molecule has 2 aromatic carbocycles. The number of nitrogens with zero attached hydrogens (tertiary/aromatic N) is 1. The fourth-order valence-electron chi connectivity index (χ4n) is 2.47. The molecule has 1 saturated heterocycles. The van der Waals surface area contributed by atoms with Gasteiger partial charge in [-0.2, -0.15) is 0 Å². The highest BCUT2D eigenvalue weighted by Crippen LogP contribution is 2.16. The molecule has 1 fully saturated rings. The molecule has 2 aromatic rings. The van der Waals surface area contributed by atoms with Crippen LogP contribution in [0.2, 0.25) is 0 Å². The van der Waals surface area contributed by atoms with Gasteiger partial charge in [-0.3, -0.25) is 25.0 Å². The zero-order valence-corrected chi connectivity index (χ0v) is 15.0. The van der Waals surface area contributed by atoms with E-state index in [0.717, 1.165) is 5.69 Å². The van der Waals surface area contributed by atoms with E-state index < -0.39 is 17.8 Å². The van der Waals surface area contributed by atoms with Gasteiger partial charge in [-0.1, -0.05) is 30.3 Å². The number of para-hydroxylation sites is 1. The number of benzene rings is 2. The van der Waals surface area contributed by atoms with Crippen LogP contribution >= 0.6 is 0 Å². The summed E-state index contributed by atoms with van der Waals surface area (Å²) in [5.74, 6) is -1.27. The van der Waals surface area contributed by atoms with Crippen LogP contribution in [0.5, 0.6) is 5.75 Å². The number of carbonyl (C=O) groups is 4. The van der Waals surface area contributed by atoms with E-state index in [1.807, 2.05) is 41.0 Å². The molecule has 2 N–H and O–H groups in total. The van der Waals surface area contributed by atoms with Crippen LogP contribution in [0.3, 0.4) is 0 Å². The number of amides is 5. The quantitative estimate of drug-likeness (QED) is 0.605. The van der Waals surface area contributed by atoms with E-state index in [4.69, 9.17) is 4.74 Å². The number of carbonyl (C=O) groups excluding carboxylic acids is 4. The highest BCUT2D eigenvalue weighted by molar-refractivity contribution is 6.31. The molecule has 0 aliphatic carbocycles. The fourth-order valence-corrected chi connectivity index (χ4v) is 2.47. The van der Waals surface area contributed by atoms with Crippen LogP contribution in [0.4, 0.5) is 10.5 Å². The highest BCUT2D eigenvalue weighted by Gasteiger charge is 2.27. The Labute approximate surface area is 160 Å². The number of urea groups is 1. The van der Waals surface area contributed by atoms with E-state index in [-0.39, 0.29) is 18.1 Å². The van der Waals surface area contributed by atoms with Gasteiger partial charge in [-0.25, -0.2) is 4.79 Å². The summed E-state index contributed by atoms with van der Waals surface area (Å²) in [5, 5.41) is 4.01. The molecule has 1 heterocycles. The Morgan fingerprint density at radius 2 is 1.57 bits per heavy atom. The molecule has 0 aromatic heterocycles. The SMILES string of the molecule is CN(C(=O)COc1ccc(C=C2C(=O)NC(=O)NC2=O)cc1)c1ccccc1. The van der Waals surface area contributed by atoms with Gasteiger partial charge in [0.05, 0.1) is 0 Å². The minimum Gasteiger partial charge on any atom is -0.484 e. The lowest BCUT2D eigenvalue weighted by molar-refractivity contribution is -0.124. The second kappa shape index (κ2) is 8.17. The molecule has 1 aliphatic rings. The molecule has 142 valence electrons. The van der Waals surface area contributed by atoms with E-state index >= 15 is 0 Å². The van der Waals surface area contributed by atoms with Gasteiger partial charge in [0.1, 0.15) is 11.3 Å². The molecule has 0 bridgehead atoms. The molecule has 5 amide bonds. The molecule has 1 aliphatic heterocycles. The standard InChI is InChI=1S/C20H17N3O5/c1-23(14-5-3-2-4-6-14)17(24)12-28-15-9-7-13(8-10-15)11-16-18(25)21-20(27)22-19(16)26/h2-11H,12H2,1H3,(H2,21,22,25,26,27). The number of hydrogen-bond acceptors (Lipinski definition) is 5. The Morgan fingerprint density at radius 3 is 2.18 bits per heavy atom. The van der Waals surface area contributed by atoms with Crippen LogP contribution in [-0.4, -0.2) is 37.4 Å². The van der Waals surface area contributed by atoms with Gasteiger partial charge in [-0.15, -0.1) is 0 Å². The lowest BCUT2D eigenvalue weighted by Gasteiger charge is -2.17. The molecule has 0 unspecified atom stereocenters. The summed E-state index contributed by atoms with van der Waals surface area (Å²) >= 11 is 0. The first-order chi connectivity index (χ1) is 13.4. The maximum atomic E-state index is 12.2. The van der Waals surface area contributed by atoms with E-state index in [2.05, 4.69) is 0 Å². The number of rotatable bonds is 5. The fraction of sp³-hybridized carbons (Fsp3) is 0.100. The monoisotopic (exact) mass is 379 g/mol. The maximum Gasteiger partial charge on any atom is 0.328 e. The third kappa shape index (κ3) is 4.42. The van der Waals surface area contributed by atoms with Crippen molar-refractivity contribution in [1.29, 1.82) is 0 Å². The minimum absolute atomic E-state index is 0.140. The second-order valence-electron chi connectivity index (χ2n) is 5.94. The van der Waals surface area contributed by atoms with Crippen molar-refractivity contribution < 1.29 is 23.9 Å². The maximum absolute atomic E-state index is 12.2. The lowest BCUT2D eigenvalue weighted by Crippen LogP contribution is -2.51. The van der Waals surface area contributed by atoms with E-state index in [0.29, 0.717) is 11.3 Å². The normalized spacial score (nSPS) is 13.5. The first-order valence-electron chi connectivity index (χ1n) is 8.37. The average Bonchev–Trinajstić information content (AvgIpc) is 2.70. The van der Waals surface area contributed by atoms with Crippen molar-refractivity contribution in [2.24, 2.45) is 0 Å². The Morgan fingerprint density at radius 1 is 0.964 bits per heavy atom. The third-order valence-electron chi connectivity index (χ3n) is 4.01. The number of imide groups is 2. The molecular formula is C20H17N3O5. The van der Waals surface area contributed by atoms with Crippen LogP contribution in [0.25, 0.3) is 6.08 Å². The van der Waals surface area contributed by atoms with Gasteiger partial charge in [0, 0.05) is 12.7 Å². The molecule has 8 heteroatoms. The predicted octanol–water partition coefficient (Wildman–Crippen LogP) is 1.48. The van der Waals surface area contributed by atoms with Crippen LogP contribution < -0.4 is 20.3 Å². The number of barbiturate groups is 1. The first-order valence-corrected chi connectivity index (χ1v) is 8.37. The van der Waals surface area contributed by atoms with Crippen LogP contribution in [0.15, 0.2) is 60.2 Å². The van der Waals surface area contributed by atoms with E-state index in [1.165, 1.54) is 11.0 Å². The average molecular weight is 379 g/mol. The van der Waals surface area contributed by atoms with E-state index in [9.17, 15) is 19.2 Å². The number of ether oxygens (including phenoxy) is 1. The van der Waals surface area contributed by atoms with Gasteiger partial charge < -0.3 is 9.64 Å². The van der Waals surface area contributed by atoms with Gasteiger partial charge in [0.15, 0.2) is 6.61 Å². The van der Waals surface area contributed by atoms with Gasteiger partial charge >= 0.3 is 6.03 Å². The second-order valence-corrected chi connectivity index (χ2v) is 5.94. The van der Waals surface area contributed by atoms with E-state index in [1.54, 1.807) is 31.3 Å². The molecular weight excluding hydrogens is 362 g/mol. The topological polar surface area (TPSA) is 105 Å².